The summed E-state index contributed by atoms with van der Waals surface area (Å²) in [7, 11) is 1.68. The molecular formula is C15H13Cl2N3O3. The highest BCUT2D eigenvalue weighted by Gasteiger charge is 2.20. The van der Waals surface area contributed by atoms with Crippen LogP contribution < -0.4 is 10.6 Å². The fourth-order valence-corrected chi connectivity index (χ4v) is 2.54. The van der Waals surface area contributed by atoms with Crippen molar-refractivity contribution in [1.29, 1.82) is 0 Å². The van der Waals surface area contributed by atoms with Gasteiger partial charge in [-0.05, 0) is 23.8 Å². The third-order valence-electron chi connectivity index (χ3n) is 3.31. The molecule has 0 aromatic heterocycles. The van der Waals surface area contributed by atoms with E-state index in [1.165, 1.54) is 12.1 Å². The van der Waals surface area contributed by atoms with Crippen LogP contribution in [-0.2, 0) is 6.54 Å². The van der Waals surface area contributed by atoms with Gasteiger partial charge in [-0.3, -0.25) is 14.9 Å². The predicted molar refractivity (Wildman–Crippen MR) is 90.2 cm³/mol. The van der Waals surface area contributed by atoms with E-state index in [9.17, 15) is 14.9 Å². The van der Waals surface area contributed by atoms with Crippen molar-refractivity contribution < 1.29 is 9.72 Å². The number of hydrogen-bond acceptors (Lipinski definition) is 4. The maximum Gasteiger partial charge on any atom is 0.293 e. The highest BCUT2D eigenvalue weighted by Crippen LogP contribution is 2.32. The van der Waals surface area contributed by atoms with Crippen molar-refractivity contribution in [3.8, 4) is 0 Å². The lowest BCUT2D eigenvalue weighted by Crippen LogP contribution is -2.19. The lowest BCUT2D eigenvalue weighted by Gasteiger charge is -2.20. The number of rotatable bonds is 5. The van der Waals surface area contributed by atoms with E-state index in [1.54, 1.807) is 30.1 Å². The number of nitro groups is 1. The molecule has 0 aliphatic rings. The summed E-state index contributed by atoms with van der Waals surface area (Å²) < 4.78 is 0. The Kier molecular flexibility index (Phi) is 5.08. The van der Waals surface area contributed by atoms with Gasteiger partial charge in [-0.15, -0.1) is 0 Å². The number of nitrogens with two attached hydrogens (primary N) is 1. The van der Waals surface area contributed by atoms with Crippen LogP contribution in [0.5, 0.6) is 0 Å². The van der Waals surface area contributed by atoms with Crippen LogP contribution in [0.4, 0.5) is 11.4 Å². The molecule has 0 saturated heterocycles. The van der Waals surface area contributed by atoms with Gasteiger partial charge in [0.05, 0.1) is 15.0 Å². The van der Waals surface area contributed by atoms with Crippen LogP contribution in [-0.4, -0.2) is 17.9 Å². The predicted octanol–water partition coefficient (Wildman–Crippen LogP) is 3.64. The normalized spacial score (nSPS) is 10.4. The van der Waals surface area contributed by atoms with Crippen molar-refractivity contribution in [3.63, 3.8) is 0 Å². The molecule has 2 aromatic rings. The summed E-state index contributed by atoms with van der Waals surface area (Å²) in [5.74, 6) is -0.722. The van der Waals surface area contributed by atoms with E-state index >= 15 is 0 Å². The van der Waals surface area contributed by atoms with Gasteiger partial charge in [0.1, 0.15) is 5.69 Å². The lowest BCUT2D eigenvalue weighted by atomic mass is 10.1. The number of hydrogen-bond donors (Lipinski definition) is 1. The number of amides is 1. The standard InChI is InChI=1S/C15H13Cl2N3O3/c1-19(8-10-3-2-4-11(16)14(10)17)12-6-5-9(15(18)21)7-13(12)20(22)23/h2-7H,8H2,1H3,(H2,18,21). The molecule has 120 valence electrons. The van der Waals surface area contributed by atoms with Crippen molar-refractivity contribution in [3.05, 3.63) is 67.7 Å². The summed E-state index contributed by atoms with van der Waals surface area (Å²) in [4.78, 5) is 23.5. The Bertz CT molecular complexity index is 781. The van der Waals surface area contributed by atoms with Crippen LogP contribution >= 0.6 is 23.2 Å². The zero-order chi connectivity index (χ0) is 17.1. The second-order valence-electron chi connectivity index (χ2n) is 4.89. The molecule has 0 radical (unpaired) electrons. The minimum atomic E-state index is -0.722. The largest absolute Gasteiger partial charge is 0.366 e. The molecule has 0 unspecified atom stereocenters. The van der Waals surface area contributed by atoms with Gasteiger partial charge in [-0.25, -0.2) is 0 Å². The van der Waals surface area contributed by atoms with Gasteiger partial charge in [-0.1, -0.05) is 35.3 Å². The van der Waals surface area contributed by atoms with Crippen LogP contribution in [0.15, 0.2) is 36.4 Å². The number of anilines is 1. The molecule has 2 aromatic carbocycles. The van der Waals surface area contributed by atoms with E-state index in [0.717, 1.165) is 11.6 Å². The number of carbonyl (C=O) groups excluding carboxylic acids is 1. The molecule has 23 heavy (non-hydrogen) atoms. The molecule has 0 saturated carbocycles. The molecule has 8 heteroatoms. The molecule has 6 nitrogen and oxygen atoms in total. The number of nitro benzene ring substituents is 1. The van der Waals surface area contributed by atoms with Gasteiger partial charge in [0.15, 0.2) is 0 Å². The van der Waals surface area contributed by atoms with E-state index in [2.05, 4.69) is 0 Å². The summed E-state index contributed by atoms with van der Waals surface area (Å²) in [6.45, 7) is 0.316. The van der Waals surface area contributed by atoms with E-state index in [-0.39, 0.29) is 11.3 Å². The molecule has 1 amide bonds. The molecule has 0 heterocycles. The second-order valence-corrected chi connectivity index (χ2v) is 5.68. The summed E-state index contributed by atoms with van der Waals surface area (Å²) in [6.07, 6.45) is 0. The van der Waals surface area contributed by atoms with E-state index in [1.807, 2.05) is 0 Å². The van der Waals surface area contributed by atoms with Crippen molar-refractivity contribution in [2.45, 2.75) is 6.54 Å². The molecule has 0 spiro atoms. The summed E-state index contributed by atoms with van der Waals surface area (Å²) >= 11 is 12.1. The molecule has 0 atom stereocenters. The quantitative estimate of drug-likeness (QED) is 0.656. The van der Waals surface area contributed by atoms with Crippen LogP contribution in [0.2, 0.25) is 10.0 Å². The first-order valence-corrected chi connectivity index (χ1v) is 7.29. The zero-order valence-corrected chi connectivity index (χ0v) is 13.6. The van der Waals surface area contributed by atoms with Gasteiger partial charge in [0.2, 0.25) is 5.91 Å². The summed E-state index contributed by atoms with van der Waals surface area (Å²) in [5, 5.41) is 12.1. The third-order valence-corrected chi connectivity index (χ3v) is 4.17. The Morgan fingerprint density at radius 1 is 1.30 bits per heavy atom. The van der Waals surface area contributed by atoms with E-state index < -0.39 is 10.8 Å². The minimum Gasteiger partial charge on any atom is -0.366 e. The molecule has 2 rings (SSSR count). The lowest BCUT2D eigenvalue weighted by molar-refractivity contribution is -0.384. The van der Waals surface area contributed by atoms with Crippen LogP contribution in [0, 0.1) is 10.1 Å². The first-order valence-electron chi connectivity index (χ1n) is 6.53. The van der Waals surface area contributed by atoms with Gasteiger partial charge in [-0.2, -0.15) is 0 Å². The molecule has 2 N–H and O–H groups in total. The maximum absolute atomic E-state index is 11.3. The number of nitrogens with zero attached hydrogens (tertiary/aromatic N) is 2. The average molecular weight is 354 g/mol. The highest BCUT2D eigenvalue weighted by atomic mass is 35.5. The maximum atomic E-state index is 11.3. The Morgan fingerprint density at radius 3 is 2.61 bits per heavy atom. The number of carbonyl (C=O) groups is 1. The molecule has 0 aliphatic heterocycles. The van der Waals surface area contributed by atoms with Gasteiger partial charge >= 0.3 is 0 Å². The fraction of sp³-hybridized carbons (Fsp3) is 0.133. The Labute approximate surface area is 142 Å². The highest BCUT2D eigenvalue weighted by molar-refractivity contribution is 6.42. The van der Waals surface area contributed by atoms with E-state index in [4.69, 9.17) is 28.9 Å². The Hall–Kier alpha value is -2.31. The molecule has 0 aliphatic carbocycles. The summed E-state index contributed by atoms with van der Waals surface area (Å²) in [6, 6.07) is 9.29. The number of halogens is 2. The molecular weight excluding hydrogens is 341 g/mol. The average Bonchev–Trinajstić information content (AvgIpc) is 2.51. The molecule has 0 bridgehead atoms. The molecule has 0 fully saturated rings. The zero-order valence-electron chi connectivity index (χ0n) is 12.1. The smallest absolute Gasteiger partial charge is 0.293 e. The van der Waals surface area contributed by atoms with Crippen LogP contribution in [0.3, 0.4) is 0 Å². The van der Waals surface area contributed by atoms with Gasteiger partial charge in [0, 0.05) is 25.2 Å². The Balaban J connectivity index is 2.39. The van der Waals surface area contributed by atoms with Crippen molar-refractivity contribution in [1.82, 2.24) is 0 Å². The monoisotopic (exact) mass is 353 g/mol. The van der Waals surface area contributed by atoms with Crippen molar-refractivity contribution in [2.24, 2.45) is 5.73 Å². The van der Waals surface area contributed by atoms with Crippen molar-refractivity contribution >= 4 is 40.5 Å². The van der Waals surface area contributed by atoms with Crippen LogP contribution in [0.1, 0.15) is 15.9 Å². The number of benzene rings is 2. The van der Waals surface area contributed by atoms with E-state index in [0.29, 0.717) is 22.3 Å². The Morgan fingerprint density at radius 2 is 2.00 bits per heavy atom. The fourth-order valence-electron chi connectivity index (χ4n) is 2.16. The summed E-state index contributed by atoms with van der Waals surface area (Å²) in [5.41, 5.74) is 6.11. The van der Waals surface area contributed by atoms with Gasteiger partial charge < -0.3 is 10.6 Å². The third kappa shape index (κ3) is 3.72. The second kappa shape index (κ2) is 6.85. The van der Waals surface area contributed by atoms with Crippen LogP contribution in [0.25, 0.3) is 0 Å². The van der Waals surface area contributed by atoms with Gasteiger partial charge in [0.25, 0.3) is 5.69 Å². The topological polar surface area (TPSA) is 89.5 Å². The number of primary amides is 1. The SMILES string of the molecule is CN(Cc1cccc(Cl)c1Cl)c1ccc(C(N)=O)cc1[N+](=O)[O-]. The first kappa shape index (κ1) is 17.1. The minimum absolute atomic E-state index is 0.0784. The van der Waals surface area contributed by atoms with Crippen molar-refractivity contribution in [2.75, 3.05) is 11.9 Å². The first-order chi connectivity index (χ1) is 10.8.